The highest BCUT2D eigenvalue weighted by Gasteiger charge is 2.25. The van der Waals surface area contributed by atoms with E-state index in [1.54, 1.807) is 18.2 Å². The molecular formula is C14H12ClN3O2. The number of hydrogen-bond acceptors (Lipinski definition) is 4. The Morgan fingerprint density at radius 3 is 3.00 bits per heavy atom. The second-order valence-corrected chi connectivity index (χ2v) is 4.71. The van der Waals surface area contributed by atoms with Crippen LogP contribution in [-0.4, -0.2) is 23.5 Å². The molecule has 1 aromatic carbocycles. The van der Waals surface area contributed by atoms with E-state index in [4.69, 9.17) is 16.3 Å². The van der Waals surface area contributed by atoms with Gasteiger partial charge in [-0.15, -0.1) is 0 Å². The summed E-state index contributed by atoms with van der Waals surface area (Å²) < 4.78 is 5.66. The SMILES string of the molecule is O=C(Nc1cccc(Cl)n1)C1CNc2ccccc2O1. The Bertz CT molecular complexity index is 648. The van der Waals surface area contributed by atoms with Crippen LogP contribution in [0.2, 0.25) is 5.15 Å². The van der Waals surface area contributed by atoms with E-state index in [9.17, 15) is 4.79 Å². The summed E-state index contributed by atoms with van der Waals surface area (Å²) in [7, 11) is 0. The van der Waals surface area contributed by atoms with Gasteiger partial charge in [0.2, 0.25) is 0 Å². The van der Waals surface area contributed by atoms with Crippen LogP contribution in [0, 0.1) is 0 Å². The Kier molecular flexibility index (Phi) is 3.43. The normalized spacial score (nSPS) is 16.6. The van der Waals surface area contributed by atoms with Crippen molar-refractivity contribution >= 4 is 29.0 Å². The van der Waals surface area contributed by atoms with Crippen molar-refractivity contribution in [1.29, 1.82) is 0 Å². The van der Waals surface area contributed by atoms with E-state index in [2.05, 4.69) is 15.6 Å². The average molecular weight is 290 g/mol. The number of aromatic nitrogens is 1. The third-order valence-corrected chi connectivity index (χ3v) is 3.10. The summed E-state index contributed by atoms with van der Waals surface area (Å²) in [6.45, 7) is 0.406. The third-order valence-electron chi connectivity index (χ3n) is 2.89. The van der Waals surface area contributed by atoms with Gasteiger partial charge in [0, 0.05) is 0 Å². The molecular weight excluding hydrogens is 278 g/mol. The van der Waals surface area contributed by atoms with Crippen LogP contribution >= 0.6 is 11.6 Å². The van der Waals surface area contributed by atoms with Crippen molar-refractivity contribution in [2.45, 2.75) is 6.10 Å². The molecule has 0 saturated heterocycles. The maximum atomic E-state index is 12.1. The highest BCUT2D eigenvalue weighted by Crippen LogP contribution is 2.28. The number of nitrogens with zero attached hydrogens (tertiary/aromatic N) is 1. The van der Waals surface area contributed by atoms with E-state index in [0.717, 1.165) is 5.69 Å². The zero-order chi connectivity index (χ0) is 13.9. The molecule has 0 radical (unpaired) electrons. The minimum absolute atomic E-state index is 0.262. The molecule has 1 aliphatic heterocycles. The van der Waals surface area contributed by atoms with Gasteiger partial charge in [-0.2, -0.15) is 0 Å². The minimum atomic E-state index is -0.606. The van der Waals surface area contributed by atoms with Gasteiger partial charge in [-0.1, -0.05) is 29.8 Å². The van der Waals surface area contributed by atoms with E-state index >= 15 is 0 Å². The van der Waals surface area contributed by atoms with E-state index in [-0.39, 0.29) is 5.91 Å². The van der Waals surface area contributed by atoms with E-state index in [1.807, 2.05) is 24.3 Å². The van der Waals surface area contributed by atoms with Crippen molar-refractivity contribution in [3.05, 3.63) is 47.6 Å². The van der Waals surface area contributed by atoms with Crippen molar-refractivity contribution < 1.29 is 9.53 Å². The maximum Gasteiger partial charge on any atom is 0.268 e. The number of halogens is 1. The molecule has 1 unspecified atom stereocenters. The Balaban J connectivity index is 1.70. The molecule has 1 aromatic heterocycles. The Morgan fingerprint density at radius 2 is 2.15 bits per heavy atom. The predicted molar refractivity (Wildman–Crippen MR) is 77.2 cm³/mol. The molecule has 0 aliphatic carbocycles. The van der Waals surface area contributed by atoms with Gasteiger partial charge in [0.1, 0.15) is 16.7 Å². The number of anilines is 2. The summed E-state index contributed by atoms with van der Waals surface area (Å²) in [5.41, 5.74) is 0.887. The number of amides is 1. The fraction of sp³-hybridized carbons (Fsp3) is 0.143. The van der Waals surface area contributed by atoms with Crippen molar-refractivity contribution in [3.63, 3.8) is 0 Å². The van der Waals surface area contributed by atoms with Gasteiger partial charge in [-0.3, -0.25) is 4.79 Å². The van der Waals surface area contributed by atoms with E-state index < -0.39 is 6.10 Å². The number of rotatable bonds is 2. The fourth-order valence-corrected chi connectivity index (χ4v) is 2.11. The predicted octanol–water partition coefficient (Wildman–Crippen LogP) is 2.55. The number of para-hydroxylation sites is 2. The van der Waals surface area contributed by atoms with Crippen molar-refractivity contribution in [2.75, 3.05) is 17.2 Å². The molecule has 2 N–H and O–H groups in total. The molecule has 2 heterocycles. The van der Waals surface area contributed by atoms with Crippen LogP contribution in [0.3, 0.4) is 0 Å². The topological polar surface area (TPSA) is 63.2 Å². The number of pyridine rings is 1. The van der Waals surface area contributed by atoms with Gasteiger partial charge in [0.25, 0.3) is 5.91 Å². The Morgan fingerprint density at radius 1 is 1.30 bits per heavy atom. The number of benzene rings is 1. The Hall–Kier alpha value is -2.27. The quantitative estimate of drug-likeness (QED) is 0.834. The molecule has 0 spiro atoms. The first-order valence-corrected chi connectivity index (χ1v) is 6.53. The molecule has 1 amide bonds. The first-order valence-electron chi connectivity index (χ1n) is 6.15. The number of hydrogen-bond donors (Lipinski definition) is 2. The van der Waals surface area contributed by atoms with Crippen LogP contribution in [0.5, 0.6) is 5.75 Å². The lowest BCUT2D eigenvalue weighted by Gasteiger charge is -2.26. The van der Waals surface area contributed by atoms with Gasteiger partial charge < -0.3 is 15.4 Å². The number of carbonyl (C=O) groups excluding carboxylic acids is 1. The largest absolute Gasteiger partial charge is 0.477 e. The summed E-state index contributed by atoms with van der Waals surface area (Å²) in [6, 6.07) is 12.5. The summed E-state index contributed by atoms with van der Waals surface area (Å²) in [4.78, 5) is 16.1. The number of nitrogens with one attached hydrogen (secondary N) is 2. The fourth-order valence-electron chi connectivity index (χ4n) is 1.94. The lowest BCUT2D eigenvalue weighted by atomic mass is 10.2. The van der Waals surface area contributed by atoms with E-state index in [1.165, 1.54) is 0 Å². The van der Waals surface area contributed by atoms with Crippen LogP contribution < -0.4 is 15.4 Å². The first kappa shape index (κ1) is 12.7. The van der Waals surface area contributed by atoms with Crippen LogP contribution in [-0.2, 0) is 4.79 Å². The second kappa shape index (κ2) is 5.38. The lowest BCUT2D eigenvalue weighted by molar-refractivity contribution is -0.122. The van der Waals surface area contributed by atoms with E-state index in [0.29, 0.717) is 23.3 Å². The van der Waals surface area contributed by atoms with Crippen LogP contribution in [0.1, 0.15) is 0 Å². The Labute approximate surface area is 120 Å². The first-order chi connectivity index (χ1) is 9.72. The molecule has 5 nitrogen and oxygen atoms in total. The highest BCUT2D eigenvalue weighted by molar-refractivity contribution is 6.29. The maximum absolute atomic E-state index is 12.1. The number of ether oxygens (including phenoxy) is 1. The van der Waals surface area contributed by atoms with Crippen LogP contribution in [0.25, 0.3) is 0 Å². The molecule has 6 heteroatoms. The summed E-state index contributed by atoms with van der Waals surface area (Å²) >= 11 is 5.78. The van der Waals surface area contributed by atoms with Crippen LogP contribution in [0.15, 0.2) is 42.5 Å². The van der Waals surface area contributed by atoms with Crippen molar-refractivity contribution in [2.24, 2.45) is 0 Å². The third kappa shape index (κ3) is 2.67. The molecule has 0 fully saturated rings. The van der Waals surface area contributed by atoms with Gasteiger partial charge in [0.05, 0.1) is 12.2 Å². The molecule has 3 rings (SSSR count). The van der Waals surface area contributed by atoms with Gasteiger partial charge in [-0.25, -0.2) is 4.98 Å². The summed E-state index contributed by atoms with van der Waals surface area (Å²) in [5, 5.41) is 6.17. The smallest absolute Gasteiger partial charge is 0.268 e. The van der Waals surface area contributed by atoms with Gasteiger partial charge in [0.15, 0.2) is 6.10 Å². The number of fused-ring (bicyclic) bond motifs is 1. The standard InChI is InChI=1S/C14H12ClN3O2/c15-12-6-3-7-13(17-12)18-14(19)11-8-16-9-4-1-2-5-10(9)20-11/h1-7,11,16H,8H2,(H,17,18,19). The number of carbonyl (C=O) groups is 1. The molecule has 20 heavy (non-hydrogen) atoms. The zero-order valence-electron chi connectivity index (χ0n) is 10.5. The molecule has 0 bridgehead atoms. The summed E-state index contributed by atoms with van der Waals surface area (Å²) in [6.07, 6.45) is -0.606. The summed E-state index contributed by atoms with van der Waals surface area (Å²) in [5.74, 6) is 0.810. The van der Waals surface area contributed by atoms with Gasteiger partial charge in [-0.05, 0) is 24.3 Å². The molecule has 1 atom stereocenters. The monoisotopic (exact) mass is 289 g/mol. The zero-order valence-corrected chi connectivity index (χ0v) is 11.2. The van der Waals surface area contributed by atoms with Crippen molar-refractivity contribution in [3.8, 4) is 5.75 Å². The average Bonchev–Trinajstić information content (AvgIpc) is 2.47. The molecule has 0 saturated carbocycles. The van der Waals surface area contributed by atoms with Crippen molar-refractivity contribution in [1.82, 2.24) is 4.98 Å². The minimum Gasteiger partial charge on any atom is -0.477 e. The molecule has 102 valence electrons. The highest BCUT2D eigenvalue weighted by atomic mass is 35.5. The lowest BCUT2D eigenvalue weighted by Crippen LogP contribution is -2.41. The molecule has 2 aromatic rings. The van der Waals surface area contributed by atoms with Crippen LogP contribution in [0.4, 0.5) is 11.5 Å². The second-order valence-electron chi connectivity index (χ2n) is 4.32. The van der Waals surface area contributed by atoms with Gasteiger partial charge >= 0.3 is 0 Å². The molecule has 1 aliphatic rings.